The zero-order valence-electron chi connectivity index (χ0n) is 12.2. The van der Waals surface area contributed by atoms with E-state index in [1.165, 1.54) is 23.1 Å². The summed E-state index contributed by atoms with van der Waals surface area (Å²) in [5.74, 6) is -0.0458. The molecular weight excluding hydrogens is 370 g/mol. The molecule has 9 heteroatoms. The maximum atomic E-state index is 11.9. The van der Waals surface area contributed by atoms with Gasteiger partial charge in [0.2, 0.25) is 5.91 Å². The maximum Gasteiger partial charge on any atom is 0.253 e. The first-order valence-electron chi connectivity index (χ1n) is 6.88. The number of nitrogens with one attached hydrogen (secondary N) is 2. The summed E-state index contributed by atoms with van der Waals surface area (Å²) in [7, 11) is 0. The fourth-order valence-electron chi connectivity index (χ4n) is 1.94. The van der Waals surface area contributed by atoms with Crippen molar-refractivity contribution < 1.29 is 9.90 Å². The highest BCUT2D eigenvalue weighted by Crippen LogP contribution is 2.32. The lowest BCUT2D eigenvalue weighted by atomic mass is 10.2. The Kier molecular flexibility index (Phi) is 5.08. The Morgan fingerprint density at radius 1 is 1.38 bits per heavy atom. The van der Waals surface area contributed by atoms with Crippen molar-refractivity contribution in [1.29, 1.82) is 0 Å². The topological polar surface area (TPSA) is 95.1 Å². The number of amides is 1. The molecule has 0 saturated carbocycles. The summed E-state index contributed by atoms with van der Waals surface area (Å²) in [6, 6.07) is 8.34. The molecule has 2 aromatic heterocycles. The van der Waals surface area contributed by atoms with Crippen LogP contribution in [0.1, 0.15) is 5.56 Å². The van der Waals surface area contributed by atoms with Gasteiger partial charge in [-0.1, -0.05) is 35.5 Å². The van der Waals surface area contributed by atoms with Crippen molar-refractivity contribution in [3.8, 4) is 5.75 Å². The van der Waals surface area contributed by atoms with Crippen molar-refractivity contribution in [2.45, 2.75) is 10.9 Å². The first-order valence-corrected chi connectivity index (χ1v) is 9.06. The fraction of sp³-hybridized carbons (Fsp3) is 0.133. The van der Waals surface area contributed by atoms with E-state index < -0.39 is 5.56 Å². The third-order valence-electron chi connectivity index (χ3n) is 3.08. The van der Waals surface area contributed by atoms with Crippen LogP contribution in [0, 0.1) is 0 Å². The Hall–Kier alpha value is -2.03. The van der Waals surface area contributed by atoms with Gasteiger partial charge in [-0.2, -0.15) is 0 Å². The molecule has 1 amide bonds. The summed E-state index contributed by atoms with van der Waals surface area (Å²) in [6.07, 6.45) is 0. The molecule has 0 aliphatic carbocycles. The van der Waals surface area contributed by atoms with Crippen LogP contribution in [0.25, 0.3) is 10.3 Å². The number of hydrogen-bond donors (Lipinski definition) is 3. The molecular formula is C15H12ClN3O3S2. The molecule has 0 bridgehead atoms. The number of nitrogens with zero attached hydrogens (tertiary/aromatic N) is 1. The smallest absolute Gasteiger partial charge is 0.253 e. The van der Waals surface area contributed by atoms with Crippen molar-refractivity contribution in [3.63, 3.8) is 0 Å². The van der Waals surface area contributed by atoms with Gasteiger partial charge in [0, 0.05) is 17.6 Å². The average Bonchev–Trinajstić information content (AvgIpc) is 2.95. The van der Waals surface area contributed by atoms with Crippen molar-refractivity contribution in [3.05, 3.63) is 51.3 Å². The number of carbonyl (C=O) groups excluding carboxylic acids is 1. The number of H-pyrrole nitrogens is 1. The molecule has 0 fully saturated rings. The minimum Gasteiger partial charge on any atom is -0.506 e. The number of aromatic nitrogens is 2. The number of pyridine rings is 1. The monoisotopic (exact) mass is 381 g/mol. The summed E-state index contributed by atoms with van der Waals surface area (Å²) < 4.78 is 1.10. The van der Waals surface area contributed by atoms with Gasteiger partial charge in [-0.15, -0.1) is 11.3 Å². The lowest BCUT2D eigenvalue weighted by Gasteiger charge is -2.04. The van der Waals surface area contributed by atoms with E-state index in [0.29, 0.717) is 26.3 Å². The van der Waals surface area contributed by atoms with Crippen molar-refractivity contribution >= 4 is 51.0 Å². The molecule has 3 rings (SSSR count). The number of aromatic hydroxyl groups is 1. The largest absolute Gasteiger partial charge is 0.506 e. The van der Waals surface area contributed by atoms with E-state index in [9.17, 15) is 14.7 Å². The minimum atomic E-state index is -0.414. The van der Waals surface area contributed by atoms with Crippen LogP contribution in [-0.2, 0) is 11.3 Å². The fourth-order valence-corrected chi connectivity index (χ4v) is 3.91. The van der Waals surface area contributed by atoms with Gasteiger partial charge < -0.3 is 15.4 Å². The molecule has 3 N–H and O–H groups in total. The Morgan fingerprint density at radius 2 is 2.12 bits per heavy atom. The normalized spacial score (nSPS) is 10.9. The number of fused-ring (bicyclic) bond motifs is 1. The van der Waals surface area contributed by atoms with Crippen LogP contribution in [0.5, 0.6) is 5.75 Å². The standard InChI is InChI=1S/C15H12ClN3O3S2/c16-9-3-1-8(2-4-9)6-17-12(22)7-23-15-19-14-13(24-15)10(20)5-11(21)18-14/h1-5H,6-7H2,(H,17,22)(H2,18,20,21). The van der Waals surface area contributed by atoms with Crippen LogP contribution in [0.3, 0.4) is 0 Å². The zero-order chi connectivity index (χ0) is 17.1. The molecule has 0 saturated heterocycles. The predicted molar refractivity (Wildman–Crippen MR) is 95.9 cm³/mol. The highest BCUT2D eigenvalue weighted by atomic mass is 35.5. The highest BCUT2D eigenvalue weighted by Gasteiger charge is 2.11. The number of thiazole rings is 1. The molecule has 0 radical (unpaired) electrons. The Balaban J connectivity index is 1.57. The minimum absolute atomic E-state index is 0.106. The van der Waals surface area contributed by atoms with E-state index in [4.69, 9.17) is 11.6 Å². The van der Waals surface area contributed by atoms with Gasteiger partial charge in [0.05, 0.1) is 5.75 Å². The van der Waals surface area contributed by atoms with E-state index in [1.54, 1.807) is 12.1 Å². The highest BCUT2D eigenvalue weighted by molar-refractivity contribution is 8.01. The van der Waals surface area contributed by atoms with E-state index in [0.717, 1.165) is 11.6 Å². The number of rotatable bonds is 5. The van der Waals surface area contributed by atoms with Crippen molar-refractivity contribution in [2.75, 3.05) is 5.75 Å². The van der Waals surface area contributed by atoms with Gasteiger partial charge in [-0.05, 0) is 17.7 Å². The average molecular weight is 382 g/mol. The van der Waals surface area contributed by atoms with E-state index in [2.05, 4.69) is 15.3 Å². The maximum absolute atomic E-state index is 11.9. The molecule has 2 heterocycles. The predicted octanol–water partition coefficient (Wildman–Crippen LogP) is 2.75. The van der Waals surface area contributed by atoms with Crippen LogP contribution in [0.4, 0.5) is 0 Å². The third-order valence-corrected chi connectivity index (χ3v) is 5.55. The Bertz CT molecular complexity index is 937. The molecule has 124 valence electrons. The summed E-state index contributed by atoms with van der Waals surface area (Å²) >= 11 is 8.29. The Labute approximate surface area is 149 Å². The second kappa shape index (κ2) is 7.25. The van der Waals surface area contributed by atoms with E-state index in [1.807, 2.05) is 12.1 Å². The van der Waals surface area contributed by atoms with E-state index >= 15 is 0 Å². The lowest BCUT2D eigenvalue weighted by molar-refractivity contribution is -0.118. The number of aromatic amines is 1. The number of benzene rings is 1. The lowest BCUT2D eigenvalue weighted by Crippen LogP contribution is -2.24. The first kappa shape index (κ1) is 16.8. The SMILES string of the molecule is O=C(CSc1nc2[nH]c(=O)cc(O)c2s1)NCc1ccc(Cl)cc1. The van der Waals surface area contributed by atoms with Gasteiger partial charge >= 0.3 is 0 Å². The zero-order valence-corrected chi connectivity index (χ0v) is 14.6. The quantitative estimate of drug-likeness (QED) is 0.591. The van der Waals surface area contributed by atoms with Crippen LogP contribution in [0.2, 0.25) is 5.02 Å². The van der Waals surface area contributed by atoms with Gasteiger partial charge in [-0.25, -0.2) is 4.98 Å². The molecule has 6 nitrogen and oxygen atoms in total. The van der Waals surface area contributed by atoms with E-state index in [-0.39, 0.29) is 17.4 Å². The van der Waals surface area contributed by atoms with Gasteiger partial charge in [0.1, 0.15) is 10.4 Å². The second-order valence-corrected chi connectivity index (χ2v) is 7.53. The summed E-state index contributed by atoms with van der Waals surface area (Å²) in [4.78, 5) is 29.9. The number of halogens is 1. The molecule has 24 heavy (non-hydrogen) atoms. The van der Waals surface area contributed by atoms with Crippen LogP contribution >= 0.6 is 34.7 Å². The molecule has 0 spiro atoms. The van der Waals surface area contributed by atoms with Gasteiger partial charge in [0.25, 0.3) is 5.56 Å². The van der Waals surface area contributed by atoms with Gasteiger partial charge in [0.15, 0.2) is 9.99 Å². The van der Waals surface area contributed by atoms with Crippen molar-refractivity contribution in [2.24, 2.45) is 0 Å². The van der Waals surface area contributed by atoms with Crippen LogP contribution in [0.15, 0.2) is 39.5 Å². The van der Waals surface area contributed by atoms with Crippen LogP contribution in [-0.4, -0.2) is 26.7 Å². The molecule has 0 aliphatic heterocycles. The molecule has 3 aromatic rings. The Morgan fingerprint density at radius 3 is 2.88 bits per heavy atom. The molecule has 0 atom stereocenters. The summed E-state index contributed by atoms with van der Waals surface area (Å²) in [5.41, 5.74) is 0.872. The summed E-state index contributed by atoms with van der Waals surface area (Å²) in [6.45, 7) is 0.421. The number of hydrogen-bond acceptors (Lipinski definition) is 6. The molecule has 1 aromatic carbocycles. The number of carbonyl (C=O) groups is 1. The van der Waals surface area contributed by atoms with Gasteiger partial charge in [-0.3, -0.25) is 9.59 Å². The molecule has 0 unspecified atom stereocenters. The summed E-state index contributed by atoms with van der Waals surface area (Å²) in [5, 5.41) is 13.2. The molecule has 0 aliphatic rings. The third kappa shape index (κ3) is 4.08. The second-order valence-electron chi connectivity index (χ2n) is 4.87. The van der Waals surface area contributed by atoms with Crippen LogP contribution < -0.4 is 10.9 Å². The number of thioether (sulfide) groups is 1. The first-order chi connectivity index (χ1) is 11.5. The van der Waals surface area contributed by atoms with Crippen molar-refractivity contribution in [1.82, 2.24) is 15.3 Å².